The number of nitrogens with one attached hydrogen (secondary N) is 1. The maximum Gasteiger partial charge on any atom is 0.353 e. The maximum atomic E-state index is 13.0. The molecule has 11 nitrogen and oxygen atoms in total. The number of anilines is 1. The molecule has 0 radical (unpaired) electrons. The Labute approximate surface area is 208 Å². The van der Waals surface area contributed by atoms with Crippen LogP contribution >= 0.6 is 23.1 Å². The maximum absolute atomic E-state index is 13.0. The van der Waals surface area contributed by atoms with E-state index in [9.17, 15) is 19.5 Å². The van der Waals surface area contributed by atoms with Gasteiger partial charge in [-0.1, -0.05) is 5.16 Å². The van der Waals surface area contributed by atoms with Gasteiger partial charge in [-0.3, -0.25) is 14.5 Å². The molecule has 2 aromatic rings. The minimum absolute atomic E-state index is 0.0430. The minimum Gasteiger partial charge on any atom is -0.477 e. The summed E-state index contributed by atoms with van der Waals surface area (Å²) in [7, 11) is 1.29. The summed E-state index contributed by atoms with van der Waals surface area (Å²) in [6, 6.07) is 2.75. The summed E-state index contributed by atoms with van der Waals surface area (Å²) in [5.41, 5.74) is 7.01. The summed E-state index contributed by atoms with van der Waals surface area (Å²) in [6.45, 7) is 0.348. The predicted octanol–water partition coefficient (Wildman–Crippen LogP) is 0.680. The Morgan fingerprint density at radius 2 is 2.11 bits per heavy atom. The lowest BCUT2D eigenvalue weighted by Gasteiger charge is -2.49. The normalized spacial score (nSPS) is 21.9. The second kappa shape index (κ2) is 9.30. The molecule has 4 heterocycles. The zero-order valence-corrected chi connectivity index (χ0v) is 20.3. The smallest absolute Gasteiger partial charge is 0.353 e. The zero-order valence-electron chi connectivity index (χ0n) is 18.7. The van der Waals surface area contributed by atoms with Crippen LogP contribution in [0.25, 0.3) is 0 Å². The van der Waals surface area contributed by atoms with Crippen LogP contribution in [0, 0.1) is 0 Å². The van der Waals surface area contributed by atoms with Crippen LogP contribution in [0.5, 0.6) is 0 Å². The lowest BCUT2D eigenvalue weighted by Crippen LogP contribution is -2.73. The van der Waals surface area contributed by atoms with Crippen LogP contribution in [-0.4, -0.2) is 63.4 Å². The molecule has 2 unspecified atom stereocenters. The van der Waals surface area contributed by atoms with Crippen LogP contribution in [0.3, 0.4) is 0 Å². The fourth-order valence-corrected chi connectivity index (χ4v) is 6.04. The molecular weight excluding hydrogens is 492 g/mol. The molecule has 35 heavy (non-hydrogen) atoms. The van der Waals surface area contributed by atoms with E-state index in [4.69, 9.17) is 10.6 Å². The third-order valence-corrected chi connectivity index (χ3v) is 7.95. The summed E-state index contributed by atoms with van der Waals surface area (Å²) < 4.78 is 1.91. The average Bonchev–Trinajstić information content (AvgIpc) is 3.61. The topological polar surface area (TPSA) is 151 Å². The van der Waals surface area contributed by atoms with E-state index in [0.29, 0.717) is 23.1 Å². The molecular formula is C22H23N6O5S2+. The van der Waals surface area contributed by atoms with Crippen LogP contribution in [0.4, 0.5) is 5.13 Å². The highest BCUT2D eigenvalue weighted by Gasteiger charge is 2.54. The first-order valence-electron chi connectivity index (χ1n) is 10.9. The van der Waals surface area contributed by atoms with E-state index in [1.807, 2.05) is 17.0 Å². The van der Waals surface area contributed by atoms with Gasteiger partial charge in [0.2, 0.25) is 0 Å². The highest BCUT2D eigenvalue weighted by atomic mass is 32.2. The number of aromatic nitrogens is 2. The lowest BCUT2D eigenvalue weighted by molar-refractivity contribution is -0.688. The minimum atomic E-state index is -1.18. The SMILES string of the molecule is CON=C(C(=O)NC1C(=O)N2C(C(=O)O)=C(C[n+]3ccc(C4CC4)cc3)SCC12)c1csc(N)n1. The molecule has 0 aromatic carbocycles. The van der Waals surface area contributed by atoms with Crippen LogP contribution < -0.4 is 15.6 Å². The van der Waals surface area contributed by atoms with Crippen molar-refractivity contribution in [3.8, 4) is 0 Å². The van der Waals surface area contributed by atoms with Crippen molar-refractivity contribution in [2.24, 2.45) is 5.16 Å². The number of β-lactam (4-membered cyclic amide) rings is 1. The van der Waals surface area contributed by atoms with Crippen molar-refractivity contribution in [3.63, 3.8) is 0 Å². The number of thiazole rings is 1. The summed E-state index contributed by atoms with van der Waals surface area (Å²) in [6.07, 6.45) is 6.30. The molecule has 2 aromatic heterocycles. The monoisotopic (exact) mass is 515 g/mol. The Morgan fingerprint density at radius 1 is 1.37 bits per heavy atom. The van der Waals surface area contributed by atoms with Crippen molar-refractivity contribution < 1.29 is 28.9 Å². The van der Waals surface area contributed by atoms with E-state index in [1.165, 1.54) is 42.2 Å². The number of rotatable bonds is 8. The van der Waals surface area contributed by atoms with Gasteiger partial charge in [-0.25, -0.2) is 14.3 Å². The number of nitrogens with two attached hydrogens (primary N) is 1. The Bertz CT molecular complexity index is 1250. The molecule has 0 spiro atoms. The van der Waals surface area contributed by atoms with Crippen LogP contribution in [-0.2, 0) is 25.8 Å². The van der Waals surface area contributed by atoms with Gasteiger partial charge < -0.3 is 21.0 Å². The molecule has 2 atom stereocenters. The van der Waals surface area contributed by atoms with Crippen molar-refractivity contribution >= 4 is 51.7 Å². The summed E-state index contributed by atoms with van der Waals surface area (Å²) in [5.74, 6) is -1.23. The van der Waals surface area contributed by atoms with E-state index in [2.05, 4.69) is 27.6 Å². The number of fused-ring (bicyclic) bond motifs is 1. The third kappa shape index (κ3) is 4.48. The van der Waals surface area contributed by atoms with Gasteiger partial charge in [-0.05, 0) is 24.3 Å². The molecule has 5 rings (SSSR count). The van der Waals surface area contributed by atoms with Crippen molar-refractivity contribution in [2.45, 2.75) is 37.4 Å². The van der Waals surface area contributed by atoms with Crippen molar-refractivity contribution in [1.82, 2.24) is 15.2 Å². The molecule has 2 fully saturated rings. The number of nitrogens with zero attached hydrogens (tertiary/aromatic N) is 4. The van der Waals surface area contributed by atoms with Crippen molar-refractivity contribution in [3.05, 3.63) is 51.8 Å². The van der Waals surface area contributed by atoms with Gasteiger partial charge in [0, 0.05) is 23.3 Å². The highest BCUT2D eigenvalue weighted by Crippen LogP contribution is 2.40. The first-order chi connectivity index (χ1) is 16.9. The number of carbonyl (C=O) groups is 3. The van der Waals surface area contributed by atoms with E-state index in [0.717, 1.165) is 11.3 Å². The zero-order chi connectivity index (χ0) is 24.7. The molecule has 2 aliphatic heterocycles. The predicted molar refractivity (Wildman–Crippen MR) is 128 cm³/mol. The van der Waals surface area contributed by atoms with Gasteiger partial charge in [0.15, 0.2) is 29.8 Å². The Hall–Kier alpha value is -3.45. The second-order valence-electron chi connectivity index (χ2n) is 8.39. The molecule has 1 saturated heterocycles. The van der Waals surface area contributed by atoms with Gasteiger partial charge >= 0.3 is 5.97 Å². The highest BCUT2D eigenvalue weighted by molar-refractivity contribution is 8.03. The first kappa shape index (κ1) is 23.3. The van der Waals surface area contributed by atoms with E-state index in [1.54, 1.807) is 5.38 Å². The molecule has 1 saturated carbocycles. The number of thioether (sulfide) groups is 1. The van der Waals surface area contributed by atoms with Crippen LogP contribution in [0.1, 0.15) is 30.0 Å². The van der Waals surface area contributed by atoms with Gasteiger partial charge in [-0.15, -0.1) is 23.1 Å². The van der Waals surface area contributed by atoms with E-state index < -0.39 is 29.9 Å². The molecule has 182 valence electrons. The first-order valence-corrected chi connectivity index (χ1v) is 12.8. The Morgan fingerprint density at radius 3 is 2.71 bits per heavy atom. The molecule has 13 heteroatoms. The molecule has 2 amide bonds. The van der Waals surface area contributed by atoms with E-state index in [-0.39, 0.29) is 22.2 Å². The van der Waals surface area contributed by atoms with Gasteiger partial charge in [0.1, 0.15) is 24.5 Å². The number of carbonyl (C=O) groups excluding carboxylic acids is 2. The number of hydrogen-bond acceptors (Lipinski definition) is 9. The van der Waals surface area contributed by atoms with E-state index >= 15 is 0 Å². The molecule has 1 aliphatic carbocycles. The summed E-state index contributed by atoms with van der Waals surface area (Å²) >= 11 is 2.52. The van der Waals surface area contributed by atoms with Crippen molar-refractivity contribution in [1.29, 1.82) is 0 Å². The number of amides is 2. The lowest BCUT2D eigenvalue weighted by atomic mass is 9.94. The number of carboxylic acid groups (broad SMARTS) is 1. The van der Waals surface area contributed by atoms with Gasteiger partial charge in [-0.2, -0.15) is 0 Å². The second-order valence-corrected chi connectivity index (χ2v) is 10.4. The number of pyridine rings is 1. The van der Waals surface area contributed by atoms with Crippen LogP contribution in [0.15, 0.2) is 45.7 Å². The number of oxime groups is 1. The number of allylic oxidation sites excluding steroid dienone is 1. The quantitative estimate of drug-likeness (QED) is 0.201. The number of carboxylic acids is 1. The summed E-state index contributed by atoms with van der Waals surface area (Å²) in [4.78, 5) is 48.6. The molecule has 0 bridgehead atoms. The fraction of sp³-hybridized carbons (Fsp3) is 0.364. The number of aliphatic carboxylic acids is 1. The number of nitrogen functional groups attached to an aromatic ring is 1. The molecule has 4 N–H and O–H groups in total. The Kier molecular flexibility index (Phi) is 6.19. The van der Waals surface area contributed by atoms with Crippen LogP contribution in [0.2, 0.25) is 0 Å². The summed E-state index contributed by atoms with van der Waals surface area (Å²) in [5, 5.41) is 18.1. The average molecular weight is 516 g/mol. The Balaban J connectivity index is 1.32. The van der Waals surface area contributed by atoms with Gasteiger partial charge in [0.05, 0.1) is 10.9 Å². The third-order valence-electron chi connectivity index (χ3n) is 6.10. The largest absolute Gasteiger partial charge is 0.477 e. The van der Waals surface area contributed by atoms with Gasteiger partial charge in [0.25, 0.3) is 11.8 Å². The standard InChI is InChI=1S/C22H22N6O5S2/c1-33-26-16(13-9-35-22(23)24-13)19(29)25-17-14-10-34-15(18(21(31)32)28(14)20(17)30)8-27-6-4-12(5-7-27)11-2-3-11/h4-7,9,11,14,17H,2-3,8,10H2,1H3,(H3-,23,24,25,29,31,32)/p+1. The molecule has 3 aliphatic rings. The number of hydrogen-bond donors (Lipinski definition) is 3. The fourth-order valence-electron chi connectivity index (χ4n) is 4.21. The van der Waals surface area contributed by atoms with Crippen molar-refractivity contribution in [2.75, 3.05) is 18.6 Å².